The molecule has 0 radical (unpaired) electrons. The number of nitrogens with zero attached hydrogens (tertiary/aromatic N) is 1. The fourth-order valence-electron chi connectivity index (χ4n) is 3.45. The summed E-state index contributed by atoms with van der Waals surface area (Å²) in [7, 11) is 0. The third-order valence-corrected chi connectivity index (χ3v) is 4.30. The van der Waals surface area contributed by atoms with Crippen LogP contribution in [0.25, 0.3) is 0 Å². The molecule has 2 aliphatic rings. The van der Waals surface area contributed by atoms with Crippen molar-refractivity contribution in [2.24, 2.45) is 5.92 Å². The summed E-state index contributed by atoms with van der Waals surface area (Å²) in [5.74, 6) is 0.888. The minimum absolute atomic E-state index is 0.272. The van der Waals surface area contributed by atoms with Gasteiger partial charge in [-0.25, -0.2) is 0 Å². The summed E-state index contributed by atoms with van der Waals surface area (Å²) < 4.78 is 0. The van der Waals surface area contributed by atoms with Crippen LogP contribution in [-0.2, 0) is 4.79 Å². The number of hydrogen-bond acceptors (Lipinski definition) is 2. The van der Waals surface area contributed by atoms with Gasteiger partial charge in [-0.05, 0) is 45.4 Å². The Balaban J connectivity index is 1.88. The van der Waals surface area contributed by atoms with Crippen LogP contribution in [0.4, 0.5) is 0 Å². The van der Waals surface area contributed by atoms with Gasteiger partial charge >= 0.3 is 0 Å². The number of nitrogens with one attached hydrogen (secondary N) is 1. The number of carbonyl (C=O) groups excluding carboxylic acids is 1. The van der Waals surface area contributed by atoms with Crippen molar-refractivity contribution in [2.45, 2.75) is 64.1 Å². The number of amides is 1. The van der Waals surface area contributed by atoms with Crippen LogP contribution in [0.2, 0.25) is 0 Å². The Hall–Kier alpha value is -0.830. The summed E-state index contributed by atoms with van der Waals surface area (Å²) in [5.41, 5.74) is 0. The lowest BCUT2D eigenvalue weighted by Crippen LogP contribution is -2.42. The molecule has 2 rings (SSSR count). The van der Waals surface area contributed by atoms with Crippen molar-refractivity contribution in [3.8, 4) is 0 Å². The van der Waals surface area contributed by atoms with Crippen LogP contribution in [-0.4, -0.2) is 35.5 Å². The van der Waals surface area contributed by atoms with E-state index >= 15 is 0 Å². The van der Waals surface area contributed by atoms with Crippen LogP contribution in [0.1, 0.15) is 46.0 Å². The Morgan fingerprint density at radius 1 is 1.39 bits per heavy atom. The first-order chi connectivity index (χ1) is 8.60. The van der Waals surface area contributed by atoms with Crippen molar-refractivity contribution in [3.05, 3.63) is 12.7 Å². The van der Waals surface area contributed by atoms with Crippen LogP contribution in [0.15, 0.2) is 12.7 Å². The largest absolute Gasteiger partial charge is 0.337 e. The van der Waals surface area contributed by atoms with E-state index in [1.165, 1.54) is 25.7 Å². The molecular weight excluding hydrogens is 224 g/mol. The highest BCUT2D eigenvalue weighted by atomic mass is 16.2. The van der Waals surface area contributed by atoms with Crippen LogP contribution in [0.5, 0.6) is 0 Å². The molecule has 0 aromatic carbocycles. The van der Waals surface area contributed by atoms with Crippen LogP contribution < -0.4 is 5.32 Å². The fourth-order valence-corrected chi connectivity index (χ4v) is 3.45. The number of piperidine rings is 1. The summed E-state index contributed by atoms with van der Waals surface area (Å²) in [6.07, 6.45) is 7.51. The second-order valence-corrected chi connectivity index (χ2v) is 6.11. The highest BCUT2D eigenvalue weighted by molar-refractivity contribution is 5.77. The van der Waals surface area contributed by atoms with Crippen LogP contribution >= 0.6 is 0 Å². The third-order valence-electron chi connectivity index (χ3n) is 4.30. The summed E-state index contributed by atoms with van der Waals surface area (Å²) in [6.45, 7) is 8.57. The number of hydrogen-bond donors (Lipinski definition) is 1. The van der Waals surface area contributed by atoms with Crippen molar-refractivity contribution in [1.82, 2.24) is 10.2 Å². The second kappa shape index (κ2) is 5.87. The first-order valence-electron chi connectivity index (χ1n) is 7.26. The zero-order valence-electron chi connectivity index (χ0n) is 11.7. The van der Waals surface area contributed by atoms with E-state index in [9.17, 15) is 4.79 Å². The van der Waals surface area contributed by atoms with E-state index in [4.69, 9.17) is 0 Å². The summed E-state index contributed by atoms with van der Waals surface area (Å²) >= 11 is 0. The minimum Gasteiger partial charge on any atom is -0.337 e. The normalized spacial score (nSPS) is 30.5. The van der Waals surface area contributed by atoms with Crippen molar-refractivity contribution in [2.75, 3.05) is 6.54 Å². The molecule has 0 saturated carbocycles. The third kappa shape index (κ3) is 3.14. The van der Waals surface area contributed by atoms with Gasteiger partial charge < -0.3 is 10.2 Å². The highest BCUT2D eigenvalue weighted by Crippen LogP contribution is 2.33. The van der Waals surface area contributed by atoms with Crippen molar-refractivity contribution in [3.63, 3.8) is 0 Å². The van der Waals surface area contributed by atoms with Gasteiger partial charge in [0.15, 0.2) is 0 Å². The minimum atomic E-state index is 0.272. The summed E-state index contributed by atoms with van der Waals surface area (Å²) in [4.78, 5) is 14.3. The molecule has 0 aromatic heterocycles. The van der Waals surface area contributed by atoms with Gasteiger partial charge in [-0.1, -0.05) is 6.08 Å². The average Bonchev–Trinajstić information content (AvgIpc) is 2.65. The molecule has 2 heterocycles. The first-order valence-corrected chi connectivity index (χ1v) is 7.26. The molecule has 2 fully saturated rings. The predicted molar refractivity (Wildman–Crippen MR) is 74.3 cm³/mol. The molecule has 0 spiro atoms. The number of carbonyl (C=O) groups is 1. The van der Waals surface area contributed by atoms with Gasteiger partial charge in [0, 0.05) is 31.1 Å². The van der Waals surface area contributed by atoms with Crippen molar-refractivity contribution < 1.29 is 4.79 Å². The Kier molecular flexibility index (Phi) is 4.44. The Morgan fingerprint density at radius 2 is 2.00 bits per heavy atom. The van der Waals surface area contributed by atoms with E-state index in [2.05, 4.69) is 25.7 Å². The van der Waals surface area contributed by atoms with E-state index in [-0.39, 0.29) is 6.04 Å². The SMILES string of the molecule is C=CCN(C(=O)CC1CC2CCC(C1)N2)C(C)C. The van der Waals surface area contributed by atoms with Gasteiger partial charge in [0.25, 0.3) is 0 Å². The standard InChI is InChI=1S/C15H26N2O/c1-4-7-17(11(2)3)15(18)10-12-8-13-5-6-14(9-12)16-13/h4,11-14,16H,1,5-10H2,2-3H3. The van der Waals surface area contributed by atoms with Crippen LogP contribution in [0.3, 0.4) is 0 Å². The molecule has 2 saturated heterocycles. The zero-order chi connectivity index (χ0) is 13.1. The summed E-state index contributed by atoms with van der Waals surface area (Å²) in [6, 6.07) is 1.62. The molecule has 1 amide bonds. The summed E-state index contributed by atoms with van der Waals surface area (Å²) in [5, 5.41) is 3.63. The topological polar surface area (TPSA) is 32.3 Å². The Morgan fingerprint density at radius 3 is 2.50 bits per heavy atom. The number of rotatable bonds is 5. The molecule has 1 N–H and O–H groups in total. The second-order valence-electron chi connectivity index (χ2n) is 6.11. The monoisotopic (exact) mass is 250 g/mol. The number of fused-ring (bicyclic) bond motifs is 2. The first kappa shape index (κ1) is 13.6. The van der Waals surface area contributed by atoms with Gasteiger partial charge in [0.05, 0.1) is 0 Å². The lowest BCUT2D eigenvalue weighted by molar-refractivity contribution is -0.133. The maximum atomic E-state index is 12.3. The molecule has 18 heavy (non-hydrogen) atoms. The maximum absolute atomic E-state index is 12.3. The zero-order valence-corrected chi connectivity index (χ0v) is 11.7. The van der Waals surface area contributed by atoms with Gasteiger partial charge in [0.1, 0.15) is 0 Å². The molecule has 3 heteroatoms. The van der Waals surface area contributed by atoms with Gasteiger partial charge in [0.2, 0.25) is 5.91 Å². The Labute approximate surface area is 111 Å². The van der Waals surface area contributed by atoms with Gasteiger partial charge in [-0.15, -0.1) is 6.58 Å². The average molecular weight is 250 g/mol. The molecule has 0 aromatic rings. The van der Waals surface area contributed by atoms with E-state index in [0.717, 1.165) is 6.42 Å². The van der Waals surface area contributed by atoms with Gasteiger partial charge in [-0.2, -0.15) is 0 Å². The lowest BCUT2D eigenvalue weighted by Gasteiger charge is -2.32. The van der Waals surface area contributed by atoms with Crippen LogP contribution in [0, 0.1) is 5.92 Å². The Bertz CT molecular complexity index is 302. The molecule has 102 valence electrons. The fraction of sp³-hybridized carbons (Fsp3) is 0.800. The van der Waals surface area contributed by atoms with E-state index < -0.39 is 0 Å². The molecule has 2 unspecified atom stereocenters. The highest BCUT2D eigenvalue weighted by Gasteiger charge is 2.34. The lowest BCUT2D eigenvalue weighted by atomic mass is 9.89. The smallest absolute Gasteiger partial charge is 0.223 e. The molecular formula is C15H26N2O. The molecule has 2 bridgehead atoms. The van der Waals surface area contributed by atoms with Gasteiger partial charge in [-0.3, -0.25) is 4.79 Å². The molecule has 0 aliphatic carbocycles. The van der Waals surface area contributed by atoms with E-state index in [0.29, 0.717) is 30.5 Å². The van der Waals surface area contributed by atoms with E-state index in [1.54, 1.807) is 0 Å². The quantitative estimate of drug-likeness (QED) is 0.760. The van der Waals surface area contributed by atoms with Crippen molar-refractivity contribution in [1.29, 1.82) is 0 Å². The predicted octanol–water partition coefficient (Wildman–Crippen LogP) is 2.33. The van der Waals surface area contributed by atoms with E-state index in [1.807, 2.05) is 11.0 Å². The molecule has 3 nitrogen and oxygen atoms in total. The molecule has 2 atom stereocenters. The van der Waals surface area contributed by atoms with Crippen molar-refractivity contribution >= 4 is 5.91 Å². The maximum Gasteiger partial charge on any atom is 0.223 e. The molecule has 2 aliphatic heterocycles.